The molecule has 0 unspecified atom stereocenters. The molecule has 3 rings (SSSR count). The van der Waals surface area contributed by atoms with Crippen LogP contribution in [0.4, 0.5) is 5.69 Å². The van der Waals surface area contributed by atoms with Gasteiger partial charge in [0.2, 0.25) is 5.91 Å². The minimum Gasteiger partial charge on any atom is -0.370 e. The molecule has 23 heavy (non-hydrogen) atoms. The molecule has 1 aromatic rings. The number of aryl methyl sites for hydroxylation is 1. The van der Waals surface area contributed by atoms with Crippen molar-refractivity contribution in [2.45, 2.75) is 19.9 Å². The van der Waals surface area contributed by atoms with Crippen molar-refractivity contribution >= 4 is 17.5 Å². The molecule has 2 aliphatic rings. The molecule has 1 fully saturated rings. The van der Waals surface area contributed by atoms with Gasteiger partial charge in [0.1, 0.15) is 19.1 Å². The molecule has 6 nitrogen and oxygen atoms in total. The van der Waals surface area contributed by atoms with Gasteiger partial charge in [0, 0.05) is 18.2 Å². The minimum absolute atomic E-state index is 0.0338. The first kappa shape index (κ1) is 16.0. The van der Waals surface area contributed by atoms with E-state index in [4.69, 9.17) is 4.74 Å². The van der Waals surface area contributed by atoms with Gasteiger partial charge in [0.05, 0.1) is 26.3 Å². The summed E-state index contributed by atoms with van der Waals surface area (Å²) in [5.74, 6) is -0.218. The number of rotatable bonds is 4. The maximum absolute atomic E-state index is 12.8. The number of quaternary nitrogens is 1. The molecule has 2 aliphatic heterocycles. The van der Waals surface area contributed by atoms with E-state index in [9.17, 15) is 9.59 Å². The number of nitrogens with one attached hydrogen (secondary N) is 2. The molecule has 2 N–H and O–H groups in total. The number of fused-ring (bicyclic) bond motifs is 1. The zero-order valence-electron chi connectivity index (χ0n) is 13.7. The number of nitrogens with zero attached hydrogens (tertiary/aromatic N) is 1. The summed E-state index contributed by atoms with van der Waals surface area (Å²) in [6, 6.07) is 5.44. The highest BCUT2D eigenvalue weighted by atomic mass is 16.5. The number of amides is 2. The first-order valence-corrected chi connectivity index (χ1v) is 8.16. The predicted octanol–water partition coefficient (Wildman–Crippen LogP) is -0.566. The van der Waals surface area contributed by atoms with Crippen LogP contribution in [0.15, 0.2) is 18.2 Å². The highest BCUT2D eigenvalue weighted by molar-refractivity contribution is 6.06. The fraction of sp³-hybridized carbons (Fsp3) is 0.529. The molecular formula is C17H24N3O3+. The zero-order valence-corrected chi connectivity index (χ0v) is 13.7. The second kappa shape index (κ2) is 6.68. The standard InChI is InChI=1S/C17H23N3O3/c1-12-3-4-15-14(11-12)16(18-13(2)21)17(22)20(15)6-5-19-7-9-23-10-8-19/h3-4,11,16H,5-10H2,1-2H3,(H,18,21)/p+1/t16-/m1/s1. The summed E-state index contributed by atoms with van der Waals surface area (Å²) in [6.45, 7) is 8.55. The van der Waals surface area contributed by atoms with Crippen molar-refractivity contribution in [3.8, 4) is 0 Å². The summed E-state index contributed by atoms with van der Waals surface area (Å²) in [5, 5.41) is 2.79. The Morgan fingerprint density at radius 1 is 1.39 bits per heavy atom. The summed E-state index contributed by atoms with van der Waals surface area (Å²) >= 11 is 0. The number of morpholine rings is 1. The molecule has 124 valence electrons. The van der Waals surface area contributed by atoms with Crippen molar-refractivity contribution in [2.24, 2.45) is 0 Å². The average molecular weight is 318 g/mol. The molecular weight excluding hydrogens is 294 g/mol. The second-order valence-electron chi connectivity index (χ2n) is 6.30. The van der Waals surface area contributed by atoms with Crippen molar-refractivity contribution in [1.82, 2.24) is 5.32 Å². The average Bonchev–Trinajstić information content (AvgIpc) is 2.78. The number of ether oxygens (including phenoxy) is 1. The number of hydrogen-bond donors (Lipinski definition) is 2. The topological polar surface area (TPSA) is 63.1 Å². The lowest BCUT2D eigenvalue weighted by molar-refractivity contribution is -0.906. The van der Waals surface area contributed by atoms with E-state index >= 15 is 0 Å². The van der Waals surface area contributed by atoms with Gasteiger partial charge in [-0.2, -0.15) is 0 Å². The fourth-order valence-electron chi connectivity index (χ4n) is 3.31. The maximum atomic E-state index is 12.8. The third kappa shape index (κ3) is 3.38. The number of anilines is 1. The van der Waals surface area contributed by atoms with Gasteiger partial charge >= 0.3 is 0 Å². The van der Waals surface area contributed by atoms with Gasteiger partial charge < -0.3 is 19.9 Å². The molecule has 1 atom stereocenters. The first-order valence-electron chi connectivity index (χ1n) is 8.16. The summed E-state index contributed by atoms with van der Waals surface area (Å²) in [5.41, 5.74) is 2.92. The molecule has 2 amide bonds. The van der Waals surface area contributed by atoms with E-state index in [-0.39, 0.29) is 11.8 Å². The van der Waals surface area contributed by atoms with Crippen LogP contribution in [0.1, 0.15) is 24.1 Å². The molecule has 0 saturated carbocycles. The van der Waals surface area contributed by atoms with Crippen LogP contribution < -0.4 is 15.1 Å². The molecule has 1 aromatic carbocycles. The number of hydrogen-bond acceptors (Lipinski definition) is 3. The van der Waals surface area contributed by atoms with Gasteiger partial charge in [-0.25, -0.2) is 0 Å². The van der Waals surface area contributed by atoms with Gasteiger partial charge in [-0.05, 0) is 13.0 Å². The van der Waals surface area contributed by atoms with Crippen LogP contribution in [0.2, 0.25) is 0 Å². The van der Waals surface area contributed by atoms with Gasteiger partial charge in [-0.1, -0.05) is 17.7 Å². The Kier molecular flexibility index (Phi) is 4.63. The molecule has 0 bridgehead atoms. The molecule has 0 aromatic heterocycles. The van der Waals surface area contributed by atoms with Crippen LogP contribution in [0, 0.1) is 6.92 Å². The lowest BCUT2D eigenvalue weighted by Crippen LogP contribution is -3.14. The van der Waals surface area contributed by atoms with E-state index in [1.165, 1.54) is 11.8 Å². The largest absolute Gasteiger partial charge is 0.370 e. The monoisotopic (exact) mass is 318 g/mol. The zero-order chi connectivity index (χ0) is 16.4. The van der Waals surface area contributed by atoms with Crippen molar-refractivity contribution in [3.63, 3.8) is 0 Å². The quantitative estimate of drug-likeness (QED) is 0.782. The summed E-state index contributed by atoms with van der Waals surface area (Å²) in [7, 11) is 0. The number of benzene rings is 1. The summed E-state index contributed by atoms with van der Waals surface area (Å²) < 4.78 is 5.37. The van der Waals surface area contributed by atoms with E-state index < -0.39 is 6.04 Å². The molecule has 0 aliphatic carbocycles. The van der Waals surface area contributed by atoms with Gasteiger partial charge in [0.15, 0.2) is 0 Å². The molecule has 1 saturated heterocycles. The SMILES string of the molecule is CC(=O)N[C@H]1C(=O)N(CC[NH+]2CCOCC2)c2ccc(C)cc21. The Labute approximate surface area is 136 Å². The summed E-state index contributed by atoms with van der Waals surface area (Å²) in [6.07, 6.45) is 0. The predicted molar refractivity (Wildman–Crippen MR) is 86.5 cm³/mol. The third-order valence-electron chi connectivity index (χ3n) is 4.53. The lowest BCUT2D eigenvalue weighted by atomic mass is 10.1. The van der Waals surface area contributed by atoms with Crippen molar-refractivity contribution in [1.29, 1.82) is 0 Å². The van der Waals surface area contributed by atoms with Crippen LogP contribution in [0.25, 0.3) is 0 Å². The Morgan fingerprint density at radius 2 is 2.13 bits per heavy atom. The minimum atomic E-state index is -0.554. The molecule has 6 heteroatoms. The lowest BCUT2D eigenvalue weighted by Gasteiger charge is -2.26. The van der Waals surface area contributed by atoms with E-state index in [1.54, 1.807) is 0 Å². The number of carbonyl (C=O) groups excluding carboxylic acids is 2. The van der Waals surface area contributed by atoms with Crippen LogP contribution in [-0.2, 0) is 14.3 Å². The van der Waals surface area contributed by atoms with Gasteiger partial charge in [0.25, 0.3) is 5.91 Å². The Morgan fingerprint density at radius 3 is 2.83 bits per heavy atom. The highest BCUT2D eigenvalue weighted by Crippen LogP contribution is 2.36. The van der Waals surface area contributed by atoms with Gasteiger partial charge in [-0.3, -0.25) is 9.59 Å². The normalized spacial score (nSPS) is 21.4. The van der Waals surface area contributed by atoms with Crippen LogP contribution in [0.3, 0.4) is 0 Å². The second-order valence-corrected chi connectivity index (χ2v) is 6.30. The maximum Gasteiger partial charge on any atom is 0.254 e. The third-order valence-corrected chi connectivity index (χ3v) is 4.53. The van der Waals surface area contributed by atoms with Crippen molar-refractivity contribution in [2.75, 3.05) is 44.3 Å². The highest BCUT2D eigenvalue weighted by Gasteiger charge is 2.38. The molecule has 0 spiro atoms. The fourth-order valence-corrected chi connectivity index (χ4v) is 3.31. The van der Waals surface area contributed by atoms with Gasteiger partial charge in [-0.15, -0.1) is 0 Å². The van der Waals surface area contributed by atoms with E-state index in [0.29, 0.717) is 6.54 Å². The Balaban J connectivity index is 1.77. The molecule has 0 radical (unpaired) electrons. The van der Waals surface area contributed by atoms with Crippen LogP contribution in [0.5, 0.6) is 0 Å². The Bertz CT molecular complexity index is 611. The van der Waals surface area contributed by atoms with E-state index in [0.717, 1.165) is 49.7 Å². The van der Waals surface area contributed by atoms with E-state index in [2.05, 4.69) is 5.32 Å². The summed E-state index contributed by atoms with van der Waals surface area (Å²) in [4.78, 5) is 27.5. The van der Waals surface area contributed by atoms with Crippen molar-refractivity contribution in [3.05, 3.63) is 29.3 Å². The van der Waals surface area contributed by atoms with Crippen LogP contribution >= 0.6 is 0 Å². The molecule has 2 heterocycles. The van der Waals surface area contributed by atoms with Crippen LogP contribution in [-0.4, -0.2) is 51.2 Å². The van der Waals surface area contributed by atoms with E-state index in [1.807, 2.05) is 30.0 Å². The van der Waals surface area contributed by atoms with Crippen molar-refractivity contribution < 1.29 is 19.2 Å². The Hall–Kier alpha value is -1.92. The smallest absolute Gasteiger partial charge is 0.254 e. The number of carbonyl (C=O) groups is 2. The first-order chi connectivity index (χ1) is 11.1.